The molecule has 1 fully saturated rings. The van der Waals surface area contributed by atoms with E-state index in [1.54, 1.807) is 0 Å². The molecule has 0 N–H and O–H groups in total. The quantitative estimate of drug-likeness (QED) is 0.845. The largest absolute Gasteiger partial charge is 0.361 e. The summed E-state index contributed by atoms with van der Waals surface area (Å²) in [6.45, 7) is 6.99. The maximum Gasteiger partial charge on any atom is 0.133 e. The predicted octanol–water partition coefficient (Wildman–Crippen LogP) is 2.15. The minimum absolute atomic E-state index is 0.552. The lowest BCUT2D eigenvalue weighted by atomic mass is 10.2. The van der Waals surface area contributed by atoms with Gasteiger partial charge in [0, 0.05) is 24.8 Å². The van der Waals surface area contributed by atoms with Crippen molar-refractivity contribution < 1.29 is 4.52 Å². The maximum atomic E-state index is 5.14. The molecule has 0 saturated carbocycles. The van der Waals surface area contributed by atoms with E-state index in [1.807, 2.05) is 23.9 Å². The van der Waals surface area contributed by atoms with Crippen LogP contribution < -0.4 is 0 Å². The van der Waals surface area contributed by atoms with Crippen molar-refractivity contribution in [3.8, 4) is 0 Å². The maximum absolute atomic E-state index is 5.14. The van der Waals surface area contributed by atoms with Crippen LogP contribution in [0.3, 0.4) is 0 Å². The van der Waals surface area contributed by atoms with Gasteiger partial charge in [0.2, 0.25) is 0 Å². The average molecular weight is 260 g/mol. The van der Waals surface area contributed by atoms with Crippen LogP contribution in [0.2, 0.25) is 0 Å². The van der Waals surface area contributed by atoms with Crippen LogP contribution in [0.5, 0.6) is 0 Å². The summed E-state index contributed by atoms with van der Waals surface area (Å²) >= 11 is 0. The van der Waals surface area contributed by atoms with Crippen molar-refractivity contribution in [2.75, 3.05) is 6.54 Å². The van der Waals surface area contributed by atoms with E-state index in [4.69, 9.17) is 4.52 Å². The highest BCUT2D eigenvalue weighted by Gasteiger charge is 2.25. The molecule has 2 aromatic rings. The molecular formula is C14H20N4O. The molecule has 1 atom stereocenters. The van der Waals surface area contributed by atoms with Gasteiger partial charge in [-0.2, -0.15) is 5.10 Å². The number of hydrogen-bond acceptors (Lipinski definition) is 4. The zero-order chi connectivity index (χ0) is 13.2. The van der Waals surface area contributed by atoms with Crippen LogP contribution in [0, 0.1) is 13.8 Å². The third-order valence-corrected chi connectivity index (χ3v) is 3.70. The second-order valence-corrected chi connectivity index (χ2v) is 5.44. The van der Waals surface area contributed by atoms with Crippen LogP contribution in [0.15, 0.2) is 23.0 Å². The number of likely N-dealkylation sites (tertiary alicyclic amines) is 1. The summed E-state index contributed by atoms with van der Waals surface area (Å²) in [5.41, 5.74) is 2.25. The van der Waals surface area contributed by atoms with E-state index >= 15 is 0 Å². The molecule has 0 unspecified atom stereocenters. The molecule has 5 nitrogen and oxygen atoms in total. The molecule has 0 spiro atoms. The van der Waals surface area contributed by atoms with Crippen molar-refractivity contribution in [1.29, 1.82) is 0 Å². The second-order valence-electron chi connectivity index (χ2n) is 5.44. The fourth-order valence-electron chi connectivity index (χ4n) is 2.79. The first-order valence-corrected chi connectivity index (χ1v) is 6.86. The molecule has 0 aliphatic carbocycles. The smallest absolute Gasteiger partial charge is 0.133 e. The number of rotatable bonds is 4. The van der Waals surface area contributed by atoms with Crippen molar-refractivity contribution in [2.45, 2.75) is 45.8 Å². The second kappa shape index (κ2) is 5.17. The number of hydrogen-bond donors (Lipinski definition) is 0. The molecule has 1 aliphatic rings. The van der Waals surface area contributed by atoms with Gasteiger partial charge >= 0.3 is 0 Å². The number of aryl methyl sites for hydroxylation is 2. The fourth-order valence-corrected chi connectivity index (χ4v) is 2.79. The summed E-state index contributed by atoms with van der Waals surface area (Å²) in [7, 11) is 0. The van der Waals surface area contributed by atoms with Gasteiger partial charge in [-0.15, -0.1) is 0 Å². The van der Waals surface area contributed by atoms with E-state index < -0.39 is 0 Å². The Morgan fingerprint density at radius 3 is 3.00 bits per heavy atom. The van der Waals surface area contributed by atoms with Gasteiger partial charge in [-0.3, -0.25) is 9.58 Å². The molecule has 3 rings (SSSR count). The van der Waals surface area contributed by atoms with Gasteiger partial charge in [0.15, 0.2) is 0 Å². The van der Waals surface area contributed by atoms with Crippen LogP contribution in [-0.4, -0.2) is 32.4 Å². The van der Waals surface area contributed by atoms with E-state index in [1.165, 1.54) is 18.4 Å². The molecule has 0 amide bonds. The van der Waals surface area contributed by atoms with Crippen LogP contribution in [0.25, 0.3) is 0 Å². The van der Waals surface area contributed by atoms with E-state index in [2.05, 4.69) is 28.3 Å². The third-order valence-electron chi connectivity index (χ3n) is 3.70. The molecule has 0 aromatic carbocycles. The van der Waals surface area contributed by atoms with Gasteiger partial charge in [-0.1, -0.05) is 5.16 Å². The fraction of sp³-hybridized carbons (Fsp3) is 0.571. The summed E-state index contributed by atoms with van der Waals surface area (Å²) in [5, 5.41) is 8.47. The standard InChI is InChI=1S/C14H20N4O/c1-11-7-15-18(8-11)10-14-4-3-5-17(14)9-13-6-12(2)19-16-13/h6-8,14H,3-5,9-10H2,1-2H3/t14-/m1/s1. The molecule has 2 aromatic heterocycles. The molecule has 0 radical (unpaired) electrons. The Hall–Kier alpha value is -1.62. The van der Waals surface area contributed by atoms with E-state index in [9.17, 15) is 0 Å². The summed E-state index contributed by atoms with van der Waals surface area (Å²) in [6, 6.07) is 2.57. The zero-order valence-electron chi connectivity index (χ0n) is 11.5. The van der Waals surface area contributed by atoms with Crippen LogP contribution in [0.4, 0.5) is 0 Å². The van der Waals surface area contributed by atoms with Gasteiger partial charge in [0.25, 0.3) is 0 Å². The Kier molecular flexibility index (Phi) is 3.38. The van der Waals surface area contributed by atoms with Gasteiger partial charge in [-0.05, 0) is 38.8 Å². The van der Waals surface area contributed by atoms with E-state index in [0.717, 1.165) is 31.1 Å². The molecule has 102 valence electrons. The van der Waals surface area contributed by atoms with Crippen molar-refractivity contribution >= 4 is 0 Å². The zero-order valence-corrected chi connectivity index (χ0v) is 11.5. The topological polar surface area (TPSA) is 47.1 Å². The lowest BCUT2D eigenvalue weighted by Gasteiger charge is -2.23. The Morgan fingerprint density at radius 1 is 1.42 bits per heavy atom. The van der Waals surface area contributed by atoms with Gasteiger partial charge in [0.05, 0.1) is 18.4 Å². The summed E-state index contributed by atoms with van der Waals surface area (Å²) in [4.78, 5) is 2.48. The van der Waals surface area contributed by atoms with Gasteiger partial charge in [0.1, 0.15) is 5.76 Å². The van der Waals surface area contributed by atoms with Crippen LogP contribution >= 0.6 is 0 Å². The van der Waals surface area contributed by atoms with Crippen LogP contribution in [-0.2, 0) is 13.1 Å². The monoisotopic (exact) mass is 260 g/mol. The molecule has 0 bridgehead atoms. The van der Waals surface area contributed by atoms with E-state index in [0.29, 0.717) is 6.04 Å². The first kappa shape index (κ1) is 12.4. The molecule has 1 saturated heterocycles. The minimum Gasteiger partial charge on any atom is -0.361 e. The molecule has 5 heteroatoms. The lowest BCUT2D eigenvalue weighted by molar-refractivity contribution is 0.213. The number of aromatic nitrogens is 3. The molecule has 19 heavy (non-hydrogen) atoms. The minimum atomic E-state index is 0.552. The molecule has 3 heterocycles. The van der Waals surface area contributed by atoms with Crippen molar-refractivity contribution in [1.82, 2.24) is 19.8 Å². The number of nitrogens with zero attached hydrogens (tertiary/aromatic N) is 4. The Bertz CT molecular complexity index is 497. The summed E-state index contributed by atoms with van der Waals surface area (Å²) in [5.74, 6) is 0.883. The van der Waals surface area contributed by atoms with Gasteiger partial charge in [-0.25, -0.2) is 0 Å². The highest BCUT2D eigenvalue weighted by Crippen LogP contribution is 2.21. The lowest BCUT2D eigenvalue weighted by Crippen LogP contribution is -2.32. The van der Waals surface area contributed by atoms with E-state index in [-0.39, 0.29) is 0 Å². The van der Waals surface area contributed by atoms with Crippen molar-refractivity contribution in [3.05, 3.63) is 35.5 Å². The predicted molar refractivity (Wildman–Crippen MR) is 71.6 cm³/mol. The first-order chi connectivity index (χ1) is 9.20. The summed E-state index contributed by atoms with van der Waals surface area (Å²) in [6.07, 6.45) is 6.51. The Morgan fingerprint density at radius 2 is 2.32 bits per heavy atom. The third kappa shape index (κ3) is 2.87. The summed E-state index contributed by atoms with van der Waals surface area (Å²) < 4.78 is 7.19. The molecular weight excluding hydrogens is 240 g/mol. The SMILES string of the molecule is Cc1cnn(C[C@H]2CCCN2Cc2cc(C)on2)c1. The molecule has 1 aliphatic heterocycles. The normalized spacial score (nSPS) is 20.2. The Balaban J connectivity index is 1.64. The van der Waals surface area contributed by atoms with Crippen molar-refractivity contribution in [3.63, 3.8) is 0 Å². The highest BCUT2D eigenvalue weighted by atomic mass is 16.5. The van der Waals surface area contributed by atoms with Gasteiger partial charge < -0.3 is 4.52 Å². The first-order valence-electron chi connectivity index (χ1n) is 6.86. The average Bonchev–Trinajstić information content (AvgIpc) is 3.06. The Labute approximate surface area is 113 Å². The van der Waals surface area contributed by atoms with Crippen LogP contribution in [0.1, 0.15) is 29.9 Å². The van der Waals surface area contributed by atoms with Crippen molar-refractivity contribution in [2.24, 2.45) is 0 Å². The highest BCUT2D eigenvalue weighted by molar-refractivity contribution is 5.04.